The van der Waals surface area contributed by atoms with Gasteiger partial charge in [0.1, 0.15) is 5.82 Å². The Kier molecular flexibility index (Phi) is 6.38. The lowest BCUT2D eigenvalue weighted by Gasteiger charge is -2.28. The van der Waals surface area contributed by atoms with E-state index >= 15 is 0 Å². The molecule has 3 amide bonds. The molecule has 2 aliphatic heterocycles. The van der Waals surface area contributed by atoms with Crippen molar-refractivity contribution >= 4 is 17.8 Å². The Morgan fingerprint density at radius 1 is 1.11 bits per heavy atom. The van der Waals surface area contributed by atoms with Gasteiger partial charge in [-0.1, -0.05) is 0 Å². The van der Waals surface area contributed by atoms with Gasteiger partial charge in [-0.25, -0.2) is 9.78 Å². The highest BCUT2D eigenvalue weighted by Crippen LogP contribution is 2.30. The molecule has 0 radical (unpaired) electrons. The summed E-state index contributed by atoms with van der Waals surface area (Å²) in [6.45, 7) is 2.87. The lowest BCUT2D eigenvalue weighted by atomic mass is 9.98. The topological polar surface area (TPSA) is 74.8 Å². The maximum Gasteiger partial charge on any atom is 0.416 e. The van der Waals surface area contributed by atoms with E-state index in [0.29, 0.717) is 58.7 Å². The third-order valence-corrected chi connectivity index (χ3v) is 4.99. The molecule has 3 rings (SSSR count). The molecular weight excluding hydrogens is 377 g/mol. The van der Waals surface area contributed by atoms with Crippen molar-refractivity contribution in [3.63, 3.8) is 0 Å². The Morgan fingerprint density at radius 3 is 2.50 bits per heavy atom. The van der Waals surface area contributed by atoms with Crippen molar-refractivity contribution in [2.24, 2.45) is 5.92 Å². The Morgan fingerprint density at radius 2 is 1.79 bits per heavy atom. The quantitative estimate of drug-likeness (QED) is 0.828. The molecule has 0 bridgehead atoms. The smallest absolute Gasteiger partial charge is 0.381 e. The number of anilines is 1. The van der Waals surface area contributed by atoms with Crippen LogP contribution in [-0.2, 0) is 15.7 Å². The first-order valence-corrected chi connectivity index (χ1v) is 9.30. The van der Waals surface area contributed by atoms with Gasteiger partial charge in [0.25, 0.3) is 0 Å². The van der Waals surface area contributed by atoms with Crippen molar-refractivity contribution in [2.75, 3.05) is 44.7 Å². The molecule has 0 unspecified atom stereocenters. The first-order chi connectivity index (χ1) is 13.3. The molecule has 2 fully saturated rings. The number of hydrogen-bond donors (Lipinski definition) is 1. The van der Waals surface area contributed by atoms with Crippen LogP contribution in [0.1, 0.15) is 24.8 Å². The van der Waals surface area contributed by atoms with E-state index in [1.165, 1.54) is 4.90 Å². The number of rotatable bonds is 2. The van der Waals surface area contributed by atoms with Crippen LogP contribution in [0, 0.1) is 5.92 Å². The van der Waals surface area contributed by atoms with Crippen molar-refractivity contribution in [2.45, 2.75) is 25.4 Å². The number of alkyl halides is 3. The van der Waals surface area contributed by atoms with E-state index in [9.17, 15) is 22.8 Å². The summed E-state index contributed by atoms with van der Waals surface area (Å²) in [4.78, 5) is 32.1. The van der Waals surface area contributed by atoms with E-state index in [1.807, 2.05) is 0 Å². The Bertz CT molecular complexity index is 708. The largest absolute Gasteiger partial charge is 0.416 e. The molecule has 0 spiro atoms. The molecule has 0 atom stereocenters. The SMILES string of the molecule is O=C(Nc1cc(C(F)(F)F)ccn1)N1CCCN(C(=O)C2CCOCC2)CC1. The summed E-state index contributed by atoms with van der Waals surface area (Å²) in [6.07, 6.45) is -1.47. The molecule has 10 heteroatoms. The van der Waals surface area contributed by atoms with Crippen LogP contribution in [0.3, 0.4) is 0 Å². The number of halogens is 3. The van der Waals surface area contributed by atoms with E-state index < -0.39 is 17.8 Å². The number of nitrogens with zero attached hydrogens (tertiary/aromatic N) is 3. The van der Waals surface area contributed by atoms with Crippen LogP contribution in [0.5, 0.6) is 0 Å². The molecule has 0 saturated carbocycles. The van der Waals surface area contributed by atoms with Gasteiger partial charge in [-0.05, 0) is 31.4 Å². The van der Waals surface area contributed by atoms with Gasteiger partial charge in [0.05, 0.1) is 5.56 Å². The predicted molar refractivity (Wildman–Crippen MR) is 94.6 cm³/mol. The summed E-state index contributed by atoms with van der Waals surface area (Å²) in [5.41, 5.74) is -0.873. The van der Waals surface area contributed by atoms with E-state index in [2.05, 4.69) is 10.3 Å². The van der Waals surface area contributed by atoms with Gasteiger partial charge >= 0.3 is 12.2 Å². The maximum absolute atomic E-state index is 12.8. The lowest BCUT2D eigenvalue weighted by molar-refractivity contribution is -0.138. The fourth-order valence-electron chi connectivity index (χ4n) is 3.41. The van der Waals surface area contributed by atoms with Crippen molar-refractivity contribution in [1.82, 2.24) is 14.8 Å². The number of aromatic nitrogens is 1. The Hall–Kier alpha value is -2.36. The van der Waals surface area contributed by atoms with Crippen molar-refractivity contribution < 1.29 is 27.5 Å². The third-order valence-electron chi connectivity index (χ3n) is 4.99. The molecule has 154 valence electrons. The number of carbonyl (C=O) groups is 2. The summed E-state index contributed by atoms with van der Waals surface area (Å²) < 4.78 is 43.7. The number of pyridine rings is 1. The Labute approximate surface area is 160 Å². The van der Waals surface area contributed by atoms with Crippen LogP contribution in [0.4, 0.5) is 23.8 Å². The fraction of sp³-hybridized carbons (Fsp3) is 0.611. The number of urea groups is 1. The zero-order valence-electron chi connectivity index (χ0n) is 15.4. The minimum Gasteiger partial charge on any atom is -0.381 e. The minimum absolute atomic E-state index is 0.0385. The Balaban J connectivity index is 1.56. The van der Waals surface area contributed by atoms with E-state index in [1.54, 1.807) is 4.90 Å². The summed E-state index contributed by atoms with van der Waals surface area (Å²) >= 11 is 0. The molecular formula is C18H23F3N4O3. The average molecular weight is 400 g/mol. The monoisotopic (exact) mass is 400 g/mol. The molecule has 3 heterocycles. The first-order valence-electron chi connectivity index (χ1n) is 9.30. The number of nitrogens with one attached hydrogen (secondary N) is 1. The number of hydrogen-bond acceptors (Lipinski definition) is 4. The summed E-state index contributed by atoms with van der Waals surface area (Å²) in [5.74, 6) is -0.104. The fourth-order valence-corrected chi connectivity index (χ4v) is 3.41. The number of carbonyl (C=O) groups excluding carboxylic acids is 2. The van der Waals surface area contributed by atoms with Crippen LogP contribution >= 0.6 is 0 Å². The van der Waals surface area contributed by atoms with Crippen LogP contribution in [0.2, 0.25) is 0 Å². The highest BCUT2D eigenvalue weighted by atomic mass is 19.4. The molecule has 2 aliphatic rings. The summed E-state index contributed by atoms with van der Waals surface area (Å²) in [6, 6.07) is 1.13. The second kappa shape index (κ2) is 8.76. The molecule has 1 N–H and O–H groups in total. The molecule has 28 heavy (non-hydrogen) atoms. The normalized spacial score (nSPS) is 19.2. The molecule has 0 aliphatic carbocycles. The lowest BCUT2D eigenvalue weighted by Crippen LogP contribution is -2.42. The van der Waals surface area contributed by atoms with E-state index in [-0.39, 0.29) is 17.6 Å². The molecule has 7 nitrogen and oxygen atoms in total. The van der Waals surface area contributed by atoms with Crippen LogP contribution in [0.15, 0.2) is 18.3 Å². The molecule has 1 aromatic rings. The van der Waals surface area contributed by atoms with E-state index in [4.69, 9.17) is 4.74 Å². The van der Waals surface area contributed by atoms with Crippen molar-refractivity contribution in [3.05, 3.63) is 23.9 Å². The van der Waals surface area contributed by atoms with Gasteiger partial charge in [-0.15, -0.1) is 0 Å². The summed E-state index contributed by atoms with van der Waals surface area (Å²) in [7, 11) is 0. The van der Waals surface area contributed by atoms with Gasteiger partial charge in [-0.2, -0.15) is 13.2 Å². The van der Waals surface area contributed by atoms with Gasteiger partial charge in [0.15, 0.2) is 0 Å². The zero-order valence-corrected chi connectivity index (χ0v) is 15.4. The minimum atomic E-state index is -4.50. The maximum atomic E-state index is 12.8. The highest BCUT2D eigenvalue weighted by Gasteiger charge is 2.31. The number of ether oxygens (including phenoxy) is 1. The standard InChI is InChI=1S/C18H23F3N4O3/c19-18(20,21)14-2-5-22-15(12-14)23-17(27)25-7-1-6-24(8-9-25)16(26)13-3-10-28-11-4-13/h2,5,12-13H,1,3-4,6-11H2,(H,22,23,27). The first kappa shape index (κ1) is 20.4. The number of amides is 3. The average Bonchev–Trinajstić information content (AvgIpc) is 2.94. The van der Waals surface area contributed by atoms with Crippen LogP contribution in [0.25, 0.3) is 0 Å². The van der Waals surface area contributed by atoms with Crippen LogP contribution < -0.4 is 5.32 Å². The zero-order chi connectivity index (χ0) is 20.1. The predicted octanol–water partition coefficient (Wildman–Crippen LogP) is 2.59. The molecule has 0 aromatic carbocycles. The second-order valence-corrected chi connectivity index (χ2v) is 6.91. The highest BCUT2D eigenvalue weighted by molar-refractivity contribution is 5.88. The van der Waals surface area contributed by atoms with Gasteiger partial charge < -0.3 is 14.5 Å². The molecule has 2 saturated heterocycles. The third kappa shape index (κ3) is 5.12. The van der Waals surface area contributed by atoms with Crippen molar-refractivity contribution in [1.29, 1.82) is 0 Å². The van der Waals surface area contributed by atoms with Gasteiger partial charge in [0.2, 0.25) is 5.91 Å². The summed E-state index contributed by atoms with van der Waals surface area (Å²) in [5, 5.41) is 2.42. The van der Waals surface area contributed by atoms with Crippen molar-refractivity contribution in [3.8, 4) is 0 Å². The molecule has 1 aromatic heterocycles. The van der Waals surface area contributed by atoms with Crippen LogP contribution in [-0.4, -0.2) is 66.1 Å². The second-order valence-electron chi connectivity index (χ2n) is 6.91. The van der Waals surface area contributed by atoms with Gasteiger partial charge in [0, 0.05) is 51.5 Å². The van der Waals surface area contributed by atoms with E-state index in [0.717, 1.165) is 18.3 Å². The van der Waals surface area contributed by atoms with Gasteiger partial charge in [-0.3, -0.25) is 10.1 Å².